The van der Waals surface area contributed by atoms with Gasteiger partial charge in [0.15, 0.2) is 5.11 Å². The van der Waals surface area contributed by atoms with Crippen molar-refractivity contribution in [2.24, 2.45) is 0 Å². The molecule has 2 aliphatic heterocycles. The molecule has 0 atom stereocenters. The van der Waals surface area contributed by atoms with Crippen LogP contribution in [0.1, 0.15) is 27.7 Å². The second-order valence-electron chi connectivity index (χ2n) is 6.24. The summed E-state index contributed by atoms with van der Waals surface area (Å²) in [5.41, 5.74) is 2.02. The van der Waals surface area contributed by atoms with Crippen molar-refractivity contribution in [1.82, 2.24) is 9.80 Å². The Bertz CT molecular complexity index is 848. The van der Waals surface area contributed by atoms with E-state index in [0.29, 0.717) is 18.7 Å². The summed E-state index contributed by atoms with van der Waals surface area (Å²) >= 11 is 6.98. The second-order valence-corrected chi connectivity index (χ2v) is 7.66. The van der Waals surface area contributed by atoms with Crippen LogP contribution in [-0.4, -0.2) is 46.4 Å². The van der Waals surface area contributed by atoms with Crippen LogP contribution >= 0.6 is 24.0 Å². The van der Waals surface area contributed by atoms with E-state index in [4.69, 9.17) is 12.2 Å². The number of allylic oxidation sites excluding steroid dienone is 2. The number of rotatable bonds is 4. The van der Waals surface area contributed by atoms with Crippen LogP contribution in [0.3, 0.4) is 0 Å². The molecule has 2 aliphatic rings. The highest BCUT2D eigenvalue weighted by Crippen LogP contribution is 2.46. The molecule has 3 rings (SSSR count). The molecule has 1 aromatic rings. The summed E-state index contributed by atoms with van der Waals surface area (Å²) in [6.45, 7) is 9.33. The van der Waals surface area contributed by atoms with Crippen LogP contribution in [-0.2, 0) is 9.59 Å². The van der Waals surface area contributed by atoms with Gasteiger partial charge in [0, 0.05) is 24.5 Å². The summed E-state index contributed by atoms with van der Waals surface area (Å²) in [4.78, 5) is 32.2. The van der Waals surface area contributed by atoms with Crippen LogP contribution in [0.15, 0.2) is 51.4 Å². The monoisotopic (exact) mass is 401 g/mol. The first-order valence-electron chi connectivity index (χ1n) is 9.09. The normalized spacial score (nSPS) is 18.7. The topological polar surface area (TPSA) is 43.9 Å². The molecule has 5 nitrogen and oxygen atoms in total. The van der Waals surface area contributed by atoms with E-state index in [1.807, 2.05) is 39.0 Å². The molecular weight excluding hydrogens is 378 g/mol. The Kier molecular flexibility index (Phi) is 5.72. The molecule has 0 bridgehead atoms. The lowest BCUT2D eigenvalue weighted by atomic mass is 10.0. The zero-order valence-electron chi connectivity index (χ0n) is 16.0. The molecule has 0 spiro atoms. The number of hydrogen-bond donors (Lipinski definition) is 0. The first-order chi connectivity index (χ1) is 12.9. The van der Waals surface area contributed by atoms with E-state index in [2.05, 4.69) is 24.0 Å². The molecule has 0 radical (unpaired) electrons. The Labute approximate surface area is 169 Å². The maximum Gasteiger partial charge on any atom is 0.265 e. The molecule has 1 aromatic carbocycles. The van der Waals surface area contributed by atoms with Gasteiger partial charge in [0.25, 0.3) is 11.8 Å². The van der Waals surface area contributed by atoms with Crippen LogP contribution in [0.4, 0.5) is 5.69 Å². The molecule has 0 N–H and O–H groups in total. The maximum absolute atomic E-state index is 12.9. The minimum Gasteiger partial charge on any atom is -0.335 e. The first kappa shape index (κ1) is 19.6. The van der Waals surface area contributed by atoms with Crippen molar-refractivity contribution >= 4 is 46.6 Å². The number of thiocarbonyl (C=S) groups is 1. The van der Waals surface area contributed by atoms with Gasteiger partial charge in [-0.25, -0.2) is 0 Å². The predicted octanol–water partition coefficient (Wildman–Crippen LogP) is 3.77. The van der Waals surface area contributed by atoms with Gasteiger partial charge in [-0.05, 0) is 63.7 Å². The number of hydrogen-bond acceptors (Lipinski definition) is 5. The Hall–Kier alpha value is -2.12. The Morgan fingerprint density at radius 1 is 1.00 bits per heavy atom. The van der Waals surface area contributed by atoms with Crippen molar-refractivity contribution in [3.05, 3.63) is 46.5 Å². The molecule has 142 valence electrons. The van der Waals surface area contributed by atoms with Crippen LogP contribution in [0.5, 0.6) is 0 Å². The van der Waals surface area contributed by atoms with Gasteiger partial charge < -0.3 is 4.90 Å². The fourth-order valence-corrected chi connectivity index (χ4v) is 4.97. The van der Waals surface area contributed by atoms with Crippen LogP contribution in [0.2, 0.25) is 0 Å². The molecule has 0 aromatic heterocycles. The average molecular weight is 402 g/mol. The molecule has 27 heavy (non-hydrogen) atoms. The van der Waals surface area contributed by atoms with E-state index in [1.165, 1.54) is 14.7 Å². The first-order valence-corrected chi connectivity index (χ1v) is 10.3. The van der Waals surface area contributed by atoms with Gasteiger partial charge in [0.2, 0.25) is 0 Å². The van der Waals surface area contributed by atoms with Crippen LogP contribution in [0.25, 0.3) is 0 Å². The number of likely N-dealkylation sites (N-methyl/N-ethyl adjacent to an activating group) is 2. The van der Waals surface area contributed by atoms with Crippen molar-refractivity contribution in [3.8, 4) is 0 Å². The van der Waals surface area contributed by atoms with Gasteiger partial charge in [-0.1, -0.05) is 23.9 Å². The SMILES string of the molecule is CCN1C(=O)C(=C(C)C=C2Sc3ccccc3N2CC)C(=O)N(CC)C1=S. The fraction of sp³-hybridized carbons (Fsp3) is 0.350. The summed E-state index contributed by atoms with van der Waals surface area (Å²) in [6.07, 6.45) is 1.94. The molecule has 2 amide bonds. The third-order valence-corrected chi connectivity index (χ3v) is 6.25. The average Bonchev–Trinajstić information content (AvgIpc) is 2.99. The number of thioether (sulfide) groups is 1. The standard InChI is InChI=1S/C20H23N3O2S2/c1-5-21-14-10-8-9-11-15(14)27-16(21)12-13(4)17-18(24)22(6-2)20(26)23(7-3)19(17)25/h8-12H,5-7H2,1-4H3. The van der Waals surface area contributed by atoms with Gasteiger partial charge in [-0.15, -0.1) is 0 Å². The minimum atomic E-state index is -0.310. The summed E-state index contributed by atoms with van der Waals surface area (Å²) in [5.74, 6) is -0.620. The molecular formula is C20H23N3O2S2. The zero-order valence-corrected chi connectivity index (χ0v) is 17.6. The van der Waals surface area contributed by atoms with E-state index in [1.54, 1.807) is 11.8 Å². The van der Waals surface area contributed by atoms with Gasteiger partial charge in [0.1, 0.15) is 5.57 Å². The van der Waals surface area contributed by atoms with E-state index in [9.17, 15) is 9.59 Å². The lowest BCUT2D eigenvalue weighted by Gasteiger charge is -2.36. The molecule has 1 saturated heterocycles. The molecule has 0 saturated carbocycles. The Balaban J connectivity index is 2.04. The van der Waals surface area contributed by atoms with Crippen molar-refractivity contribution < 1.29 is 9.59 Å². The fourth-order valence-electron chi connectivity index (χ4n) is 3.32. The number of carbonyl (C=O) groups excluding carboxylic acids is 2. The number of benzene rings is 1. The smallest absolute Gasteiger partial charge is 0.265 e. The van der Waals surface area contributed by atoms with E-state index >= 15 is 0 Å². The zero-order chi connectivity index (χ0) is 19.7. The summed E-state index contributed by atoms with van der Waals surface area (Å²) in [5, 5.41) is 1.31. The van der Waals surface area contributed by atoms with Crippen molar-refractivity contribution in [2.45, 2.75) is 32.6 Å². The van der Waals surface area contributed by atoms with Crippen molar-refractivity contribution in [3.63, 3.8) is 0 Å². The number of nitrogens with zero attached hydrogens (tertiary/aromatic N) is 3. The number of para-hydroxylation sites is 1. The van der Waals surface area contributed by atoms with E-state index in [-0.39, 0.29) is 22.5 Å². The van der Waals surface area contributed by atoms with Crippen LogP contribution < -0.4 is 4.90 Å². The van der Waals surface area contributed by atoms with Gasteiger partial charge in [-0.2, -0.15) is 0 Å². The van der Waals surface area contributed by atoms with Gasteiger partial charge in [-0.3, -0.25) is 19.4 Å². The Morgan fingerprint density at radius 2 is 1.56 bits per heavy atom. The highest BCUT2D eigenvalue weighted by molar-refractivity contribution is 8.03. The largest absolute Gasteiger partial charge is 0.335 e. The number of fused-ring (bicyclic) bond motifs is 1. The van der Waals surface area contributed by atoms with Crippen molar-refractivity contribution in [1.29, 1.82) is 0 Å². The minimum absolute atomic E-state index is 0.201. The van der Waals surface area contributed by atoms with Crippen molar-refractivity contribution in [2.75, 3.05) is 24.5 Å². The molecule has 1 fully saturated rings. The summed E-state index contributed by atoms with van der Waals surface area (Å²) < 4.78 is 0. The second kappa shape index (κ2) is 7.86. The lowest BCUT2D eigenvalue weighted by molar-refractivity contribution is -0.133. The molecule has 2 heterocycles. The number of anilines is 1. The van der Waals surface area contributed by atoms with E-state index < -0.39 is 0 Å². The highest BCUT2D eigenvalue weighted by atomic mass is 32.2. The predicted molar refractivity (Wildman–Crippen MR) is 113 cm³/mol. The number of amides is 2. The van der Waals surface area contributed by atoms with Gasteiger partial charge in [0.05, 0.1) is 10.7 Å². The van der Waals surface area contributed by atoms with Gasteiger partial charge >= 0.3 is 0 Å². The van der Waals surface area contributed by atoms with Crippen LogP contribution in [0, 0.1) is 0 Å². The molecule has 0 unspecified atom stereocenters. The quantitative estimate of drug-likeness (QED) is 0.437. The summed E-state index contributed by atoms with van der Waals surface area (Å²) in [6, 6.07) is 8.20. The number of carbonyl (C=O) groups is 2. The lowest BCUT2D eigenvalue weighted by Crippen LogP contribution is -2.56. The molecule has 0 aliphatic carbocycles. The summed E-state index contributed by atoms with van der Waals surface area (Å²) in [7, 11) is 0. The Morgan fingerprint density at radius 3 is 2.11 bits per heavy atom. The highest BCUT2D eigenvalue weighted by Gasteiger charge is 2.39. The third-order valence-electron chi connectivity index (χ3n) is 4.70. The van der Waals surface area contributed by atoms with E-state index in [0.717, 1.165) is 17.3 Å². The molecule has 7 heteroatoms. The maximum atomic E-state index is 12.9. The third kappa shape index (κ3) is 3.30.